The van der Waals surface area contributed by atoms with Crippen LogP contribution < -0.4 is 0 Å². The summed E-state index contributed by atoms with van der Waals surface area (Å²) in [4.78, 5) is 4.20. The molecule has 2 saturated heterocycles. The maximum Gasteiger partial charge on any atom is 0.389 e. The maximum absolute atomic E-state index is 12.3. The van der Waals surface area contributed by atoms with Crippen molar-refractivity contribution in [2.24, 2.45) is 4.99 Å². The van der Waals surface area contributed by atoms with E-state index < -0.39 is 42.7 Å². The molecular formula is C25H43F6N5Si2. The molecule has 0 saturated carbocycles. The fraction of sp³-hybridized carbons (Fsp3) is 0.800. The van der Waals surface area contributed by atoms with E-state index in [2.05, 4.69) is 29.5 Å². The first-order valence-electron chi connectivity index (χ1n) is 14.0. The standard InChI is InChI=1S/C13H25F3N2Si.C12H18F3N3Si/c14-13(15,16)7-6-12-19(18-10-4-5-11-18)17-8-2-1-3-9-17;1-19(17-7-2-3-8-17,18-9-6-16-11-18)10-4-5-12(13,14)15/h19H,1-12H2;2-3,7-8,11H,4-6,9-10H2,1H3. The van der Waals surface area contributed by atoms with Gasteiger partial charge in [-0.1, -0.05) is 6.42 Å². The smallest absolute Gasteiger partial charge is 0.370 e. The second-order valence-corrected chi connectivity index (χ2v) is 17.8. The number of piperidine rings is 1. The predicted octanol–water partition coefficient (Wildman–Crippen LogP) is 6.23. The van der Waals surface area contributed by atoms with Gasteiger partial charge in [0.15, 0.2) is 9.12 Å². The number of rotatable bonds is 10. The van der Waals surface area contributed by atoms with Crippen LogP contribution in [-0.2, 0) is 0 Å². The van der Waals surface area contributed by atoms with Gasteiger partial charge in [-0.2, -0.15) is 26.3 Å². The molecule has 1 aromatic rings. The van der Waals surface area contributed by atoms with Crippen molar-refractivity contribution in [3.63, 3.8) is 0 Å². The molecule has 218 valence electrons. The van der Waals surface area contributed by atoms with E-state index in [0.717, 1.165) is 45.3 Å². The number of halogens is 6. The van der Waals surface area contributed by atoms with E-state index in [1.165, 1.54) is 32.1 Å². The SMILES string of the molecule is C[Si](CCCC(F)(F)F)(N1C=NCC1)n1cccc1.FC(F)(F)CCC[SiH](N1CCCCC1)N1CCCC1. The van der Waals surface area contributed by atoms with E-state index in [0.29, 0.717) is 12.5 Å². The molecule has 5 nitrogen and oxygen atoms in total. The molecule has 4 rings (SSSR count). The lowest BCUT2D eigenvalue weighted by molar-refractivity contribution is -0.135. The Morgan fingerprint density at radius 3 is 1.79 bits per heavy atom. The van der Waals surface area contributed by atoms with Crippen LogP contribution in [0.1, 0.15) is 57.8 Å². The van der Waals surface area contributed by atoms with Crippen molar-refractivity contribution in [3.8, 4) is 0 Å². The highest BCUT2D eigenvalue weighted by molar-refractivity contribution is 6.76. The average molecular weight is 584 g/mol. The molecule has 0 aliphatic carbocycles. The molecule has 0 amide bonds. The Labute approximate surface area is 225 Å². The van der Waals surface area contributed by atoms with Gasteiger partial charge in [-0.15, -0.1) is 0 Å². The molecule has 38 heavy (non-hydrogen) atoms. The lowest BCUT2D eigenvalue weighted by Gasteiger charge is -2.38. The van der Waals surface area contributed by atoms with Gasteiger partial charge in [0.2, 0.25) is 0 Å². The zero-order valence-electron chi connectivity index (χ0n) is 22.5. The quantitative estimate of drug-likeness (QED) is 0.242. The first kappa shape index (κ1) is 31.2. The van der Waals surface area contributed by atoms with Crippen LogP contribution in [0, 0.1) is 0 Å². The molecule has 3 aliphatic heterocycles. The molecule has 3 aliphatic rings. The summed E-state index contributed by atoms with van der Waals surface area (Å²) < 4.78 is 83.3. The minimum atomic E-state index is -4.06. The summed E-state index contributed by atoms with van der Waals surface area (Å²) in [6.45, 7) is 8.15. The number of aromatic nitrogens is 1. The third kappa shape index (κ3) is 10.0. The Morgan fingerprint density at radius 1 is 0.763 bits per heavy atom. The number of alkyl halides is 6. The molecule has 0 bridgehead atoms. The van der Waals surface area contributed by atoms with Gasteiger partial charge >= 0.3 is 12.4 Å². The van der Waals surface area contributed by atoms with Crippen molar-refractivity contribution in [3.05, 3.63) is 24.5 Å². The van der Waals surface area contributed by atoms with Crippen molar-refractivity contribution in [1.82, 2.24) is 17.9 Å². The summed E-state index contributed by atoms with van der Waals surface area (Å²) in [5, 5.41) is 0. The Kier molecular flexibility index (Phi) is 11.8. The lowest BCUT2D eigenvalue weighted by atomic mass is 10.2. The van der Waals surface area contributed by atoms with Crippen molar-refractivity contribution in [2.75, 3.05) is 39.3 Å². The molecule has 2 unspecified atom stereocenters. The number of aliphatic imine (C=N–C) groups is 1. The van der Waals surface area contributed by atoms with Gasteiger partial charge in [0.05, 0.1) is 12.9 Å². The average Bonchev–Trinajstić information content (AvgIpc) is 3.65. The minimum Gasteiger partial charge on any atom is -0.370 e. The molecule has 2 atom stereocenters. The highest BCUT2D eigenvalue weighted by Crippen LogP contribution is 2.28. The van der Waals surface area contributed by atoms with Crippen molar-refractivity contribution >= 4 is 23.9 Å². The maximum atomic E-state index is 12.3. The van der Waals surface area contributed by atoms with E-state index in [9.17, 15) is 26.3 Å². The van der Waals surface area contributed by atoms with Crippen molar-refractivity contribution < 1.29 is 26.3 Å². The Bertz CT molecular complexity index is 823. The van der Waals surface area contributed by atoms with Crippen molar-refractivity contribution in [1.29, 1.82) is 0 Å². The number of nitrogens with zero attached hydrogens (tertiary/aromatic N) is 5. The minimum absolute atomic E-state index is 0.175. The summed E-state index contributed by atoms with van der Waals surface area (Å²) in [5.41, 5.74) is 0. The number of hydrogen-bond donors (Lipinski definition) is 0. The van der Waals surface area contributed by atoms with Crippen LogP contribution in [0.15, 0.2) is 29.5 Å². The van der Waals surface area contributed by atoms with Gasteiger partial charge in [0.25, 0.3) is 8.40 Å². The first-order valence-corrected chi connectivity index (χ1v) is 18.4. The summed E-state index contributed by atoms with van der Waals surface area (Å²) in [5.74, 6) is 0. The molecule has 0 N–H and O–H groups in total. The van der Waals surface area contributed by atoms with Gasteiger partial charge in [-0.3, -0.25) is 4.99 Å². The van der Waals surface area contributed by atoms with E-state index in [1.54, 1.807) is 6.34 Å². The molecule has 0 aromatic carbocycles. The van der Waals surface area contributed by atoms with E-state index in [-0.39, 0.29) is 6.42 Å². The molecule has 0 radical (unpaired) electrons. The van der Waals surface area contributed by atoms with Crippen LogP contribution in [-0.4, -0.2) is 93.4 Å². The monoisotopic (exact) mass is 583 g/mol. The third-order valence-electron chi connectivity index (χ3n) is 7.88. The number of hydrogen-bond acceptors (Lipinski definition) is 4. The van der Waals surface area contributed by atoms with Crippen LogP contribution in [0.3, 0.4) is 0 Å². The Hall–Kier alpha value is -1.32. The fourth-order valence-corrected chi connectivity index (χ4v) is 12.9. The predicted molar refractivity (Wildman–Crippen MR) is 145 cm³/mol. The Balaban J connectivity index is 0.000000211. The normalized spacial score (nSPS) is 21.8. The highest BCUT2D eigenvalue weighted by Gasteiger charge is 2.38. The van der Waals surface area contributed by atoms with E-state index in [1.807, 2.05) is 24.5 Å². The molecule has 4 heterocycles. The van der Waals surface area contributed by atoms with Gasteiger partial charge < -0.3 is 17.9 Å². The Morgan fingerprint density at radius 2 is 1.29 bits per heavy atom. The van der Waals surface area contributed by atoms with Crippen LogP contribution in [0.4, 0.5) is 26.3 Å². The van der Waals surface area contributed by atoms with Crippen molar-refractivity contribution in [2.45, 2.75) is 88.8 Å². The zero-order valence-corrected chi connectivity index (χ0v) is 24.6. The fourth-order valence-electron chi connectivity index (χ4n) is 5.78. The molecule has 0 spiro atoms. The molecule has 13 heteroatoms. The van der Waals surface area contributed by atoms with E-state index >= 15 is 0 Å². The second-order valence-electron chi connectivity index (χ2n) is 10.8. The lowest BCUT2D eigenvalue weighted by Crippen LogP contribution is -2.55. The third-order valence-corrected chi connectivity index (χ3v) is 15.8. The summed E-state index contributed by atoms with van der Waals surface area (Å²) in [6, 6.07) is 5.22. The first-order chi connectivity index (χ1) is 18.0. The molecule has 2 fully saturated rings. The van der Waals surface area contributed by atoms with Gasteiger partial charge in [0, 0.05) is 19.4 Å². The highest BCUT2D eigenvalue weighted by atomic mass is 28.3. The van der Waals surface area contributed by atoms with Gasteiger partial charge in [0.1, 0.15) is 0 Å². The van der Waals surface area contributed by atoms with E-state index in [4.69, 9.17) is 0 Å². The summed E-state index contributed by atoms with van der Waals surface area (Å²) in [7, 11) is -3.43. The van der Waals surface area contributed by atoms with Crippen LogP contribution in [0.25, 0.3) is 0 Å². The largest absolute Gasteiger partial charge is 0.389 e. The van der Waals surface area contributed by atoms with Crippen LogP contribution >= 0.6 is 0 Å². The topological polar surface area (TPSA) is 27.0 Å². The summed E-state index contributed by atoms with van der Waals surface area (Å²) >= 11 is 0. The summed E-state index contributed by atoms with van der Waals surface area (Å²) in [6.07, 6.45) is 3.08. The van der Waals surface area contributed by atoms with Crippen LogP contribution in [0.2, 0.25) is 18.6 Å². The zero-order chi connectivity index (χ0) is 27.7. The van der Waals surface area contributed by atoms with Crippen LogP contribution in [0.5, 0.6) is 0 Å². The molecular weight excluding hydrogens is 540 g/mol. The second kappa shape index (κ2) is 14.4. The van der Waals surface area contributed by atoms with Gasteiger partial charge in [-0.05, 0) is 108 Å². The molecule has 1 aromatic heterocycles. The van der Waals surface area contributed by atoms with Gasteiger partial charge in [-0.25, -0.2) is 0 Å².